The summed E-state index contributed by atoms with van der Waals surface area (Å²) in [6, 6.07) is 10.7. The third kappa shape index (κ3) is 7.65. The maximum absolute atomic E-state index is 14.0. The van der Waals surface area contributed by atoms with E-state index < -0.39 is 43.1 Å². The molecule has 2 aliphatic rings. The third-order valence-electron chi connectivity index (χ3n) is 7.26. The van der Waals surface area contributed by atoms with Crippen LogP contribution in [-0.4, -0.2) is 58.3 Å². The molecular weight excluding hydrogens is 622 g/mol. The first-order valence-electron chi connectivity index (χ1n) is 14.4. The molecule has 0 saturated heterocycles. The van der Waals surface area contributed by atoms with Crippen LogP contribution in [0.5, 0.6) is 0 Å². The van der Waals surface area contributed by atoms with Crippen molar-refractivity contribution in [2.75, 3.05) is 23.1 Å². The number of Topliss-reactive ketones (excluding diaryl/α,β-unsaturated/α-hetero) is 1. The van der Waals surface area contributed by atoms with Crippen molar-refractivity contribution in [3.05, 3.63) is 59.2 Å². The second-order valence-corrected chi connectivity index (χ2v) is 15.6. The SMILES string of the molecule is CC(C)CCC1(C)C(=O)C(C2=NS(=O)(=O)c3cc(NS(=O)(=O)NCCNC(=O)OC(C)(C)C)ccc3N2)=C(O)c2ccccc21. The highest BCUT2D eigenvalue weighted by Gasteiger charge is 2.46. The first-order valence-corrected chi connectivity index (χ1v) is 17.3. The van der Waals surface area contributed by atoms with Crippen LogP contribution in [0.25, 0.3) is 5.76 Å². The number of anilines is 2. The van der Waals surface area contributed by atoms with Gasteiger partial charge in [0.15, 0.2) is 11.6 Å². The molecule has 0 bridgehead atoms. The summed E-state index contributed by atoms with van der Waals surface area (Å²) in [5, 5.41) is 16.5. The third-order valence-corrected chi connectivity index (χ3v) is 9.67. The van der Waals surface area contributed by atoms with Crippen molar-refractivity contribution in [3.63, 3.8) is 0 Å². The number of amidine groups is 1. The molecule has 0 aromatic heterocycles. The lowest BCUT2D eigenvalue weighted by atomic mass is 9.66. The summed E-state index contributed by atoms with van der Waals surface area (Å²) in [6.07, 6.45) is 0.493. The molecule has 1 aliphatic carbocycles. The Balaban J connectivity index is 1.56. The molecule has 0 saturated carbocycles. The number of hydrogen-bond donors (Lipinski definition) is 5. The Hall–Kier alpha value is -3.95. The Bertz CT molecular complexity index is 1790. The number of nitrogens with zero attached hydrogens (tertiary/aromatic N) is 1. The van der Waals surface area contributed by atoms with Gasteiger partial charge >= 0.3 is 6.09 Å². The topological polar surface area (TPSA) is 192 Å². The highest BCUT2D eigenvalue weighted by molar-refractivity contribution is 7.91. The molecule has 1 unspecified atom stereocenters. The summed E-state index contributed by atoms with van der Waals surface area (Å²) in [7, 11) is -8.60. The molecule has 1 atom stereocenters. The van der Waals surface area contributed by atoms with E-state index in [1.165, 1.54) is 12.1 Å². The van der Waals surface area contributed by atoms with Gasteiger partial charge in [0, 0.05) is 18.7 Å². The minimum Gasteiger partial charge on any atom is -0.506 e. The summed E-state index contributed by atoms with van der Waals surface area (Å²) in [4.78, 5) is 25.4. The smallest absolute Gasteiger partial charge is 0.407 e. The summed E-state index contributed by atoms with van der Waals surface area (Å²) in [5.74, 6) is -0.847. The van der Waals surface area contributed by atoms with Gasteiger partial charge in [0.1, 0.15) is 21.8 Å². The Labute approximate surface area is 263 Å². The number of sulfonamides is 1. The van der Waals surface area contributed by atoms with Crippen LogP contribution in [-0.2, 0) is 35.2 Å². The highest BCUT2D eigenvalue weighted by Crippen LogP contribution is 2.44. The molecule has 1 aliphatic heterocycles. The van der Waals surface area contributed by atoms with Gasteiger partial charge in [0.2, 0.25) is 0 Å². The summed E-state index contributed by atoms with van der Waals surface area (Å²) in [6.45, 7) is 10.7. The maximum atomic E-state index is 14.0. The van der Waals surface area contributed by atoms with Crippen molar-refractivity contribution in [3.8, 4) is 0 Å². The molecule has 5 N–H and O–H groups in total. The molecule has 1 amide bonds. The average molecular weight is 662 g/mol. The van der Waals surface area contributed by atoms with Crippen molar-refractivity contribution >= 4 is 55.1 Å². The fraction of sp³-hybridized carbons (Fsp3) is 0.433. The molecule has 13 nitrogen and oxygen atoms in total. The van der Waals surface area contributed by atoms with Gasteiger partial charge in [-0.25, -0.2) is 4.79 Å². The molecule has 1 heterocycles. The second-order valence-electron chi connectivity index (χ2n) is 12.5. The molecule has 0 radical (unpaired) electrons. The Morgan fingerprint density at radius 3 is 2.49 bits per heavy atom. The Kier molecular flexibility index (Phi) is 9.39. The number of benzene rings is 2. The lowest BCUT2D eigenvalue weighted by Gasteiger charge is -2.36. The van der Waals surface area contributed by atoms with E-state index in [-0.39, 0.29) is 46.5 Å². The Morgan fingerprint density at radius 1 is 1.13 bits per heavy atom. The summed E-state index contributed by atoms with van der Waals surface area (Å²) < 4.78 is 65.3. The van der Waals surface area contributed by atoms with Gasteiger partial charge in [-0.3, -0.25) is 9.52 Å². The molecule has 244 valence electrons. The van der Waals surface area contributed by atoms with Crippen LogP contribution in [0.2, 0.25) is 0 Å². The molecule has 4 rings (SSSR count). The van der Waals surface area contributed by atoms with Gasteiger partial charge in [0.25, 0.3) is 20.2 Å². The number of aliphatic hydroxyl groups excluding tert-OH is 1. The lowest BCUT2D eigenvalue weighted by molar-refractivity contribution is -0.120. The van der Waals surface area contributed by atoms with E-state index in [0.29, 0.717) is 23.5 Å². The van der Waals surface area contributed by atoms with E-state index in [1.807, 2.05) is 13.8 Å². The molecule has 45 heavy (non-hydrogen) atoms. The van der Waals surface area contributed by atoms with Gasteiger partial charge < -0.3 is 20.5 Å². The van der Waals surface area contributed by atoms with Crippen LogP contribution >= 0.6 is 0 Å². The van der Waals surface area contributed by atoms with E-state index >= 15 is 0 Å². The molecule has 15 heteroatoms. The number of fused-ring (bicyclic) bond motifs is 2. The van der Waals surface area contributed by atoms with Crippen LogP contribution in [0.3, 0.4) is 0 Å². The number of ketones is 1. The van der Waals surface area contributed by atoms with Gasteiger partial charge in [-0.2, -0.15) is 21.6 Å². The highest BCUT2D eigenvalue weighted by atomic mass is 32.2. The number of alkyl carbamates (subject to hydrolysis) is 1. The van der Waals surface area contributed by atoms with E-state index in [4.69, 9.17) is 4.74 Å². The second kappa shape index (κ2) is 12.4. The Morgan fingerprint density at radius 2 is 1.82 bits per heavy atom. The number of ether oxygens (including phenoxy) is 1. The van der Waals surface area contributed by atoms with Gasteiger partial charge in [0.05, 0.1) is 16.8 Å². The van der Waals surface area contributed by atoms with Crippen molar-refractivity contribution in [1.82, 2.24) is 10.0 Å². The van der Waals surface area contributed by atoms with E-state index in [0.717, 1.165) is 12.5 Å². The van der Waals surface area contributed by atoms with E-state index in [2.05, 4.69) is 24.5 Å². The minimum absolute atomic E-state index is 0.0494. The molecular formula is C30H39N5O8S2. The largest absolute Gasteiger partial charge is 0.506 e. The van der Waals surface area contributed by atoms with Crippen LogP contribution in [0.4, 0.5) is 16.2 Å². The molecule has 2 aromatic carbocycles. The predicted molar refractivity (Wildman–Crippen MR) is 172 cm³/mol. The summed E-state index contributed by atoms with van der Waals surface area (Å²) in [5.41, 5.74) is -0.922. The van der Waals surface area contributed by atoms with Crippen molar-refractivity contribution in [2.45, 2.75) is 70.3 Å². The van der Waals surface area contributed by atoms with Crippen LogP contribution < -0.4 is 20.1 Å². The number of hydrogen-bond acceptors (Lipinski definition) is 9. The van der Waals surface area contributed by atoms with Gasteiger partial charge in [-0.15, -0.1) is 4.40 Å². The summed E-state index contributed by atoms with van der Waals surface area (Å²) >= 11 is 0. The van der Waals surface area contributed by atoms with Crippen molar-refractivity contribution < 1.29 is 36.3 Å². The number of rotatable bonds is 10. The average Bonchev–Trinajstić information content (AvgIpc) is 2.92. The van der Waals surface area contributed by atoms with Crippen molar-refractivity contribution in [2.24, 2.45) is 10.3 Å². The van der Waals surface area contributed by atoms with Crippen molar-refractivity contribution in [1.29, 1.82) is 0 Å². The monoisotopic (exact) mass is 661 g/mol. The van der Waals surface area contributed by atoms with E-state index in [1.54, 1.807) is 52.0 Å². The predicted octanol–water partition coefficient (Wildman–Crippen LogP) is 4.22. The number of nitrogens with one attached hydrogen (secondary N) is 4. The number of carbonyl (C=O) groups is 2. The van der Waals surface area contributed by atoms with E-state index in [9.17, 15) is 31.5 Å². The molecule has 0 fully saturated rings. The normalized spacial score (nSPS) is 19.3. The first kappa shape index (κ1) is 33.9. The zero-order valence-corrected chi connectivity index (χ0v) is 27.6. The van der Waals surface area contributed by atoms with Gasteiger partial charge in [-0.1, -0.05) is 38.1 Å². The molecule has 2 aromatic rings. The fourth-order valence-corrected chi connectivity index (χ4v) is 7.07. The lowest BCUT2D eigenvalue weighted by Crippen LogP contribution is -2.42. The van der Waals surface area contributed by atoms with Crippen LogP contribution in [0.15, 0.2) is 57.3 Å². The van der Waals surface area contributed by atoms with Crippen LogP contribution in [0, 0.1) is 5.92 Å². The zero-order chi connectivity index (χ0) is 33.4. The first-order chi connectivity index (χ1) is 20.8. The standard InChI is InChI=1S/C30H39N5O8S2/c1-18(2)13-14-30(6)21-10-8-7-9-20(21)25(36)24(26(30)37)27-33-22-12-11-19(17-23(22)44(39,40)35-27)34-45(41,42)32-16-15-31-28(38)43-29(3,4)5/h7-12,17-18,32,34,36H,13-16H2,1-6H3,(H,31,38)(H,33,35). The minimum atomic E-state index is -4.44. The number of carbonyl (C=O) groups excluding carboxylic acids is 2. The maximum Gasteiger partial charge on any atom is 0.407 e. The zero-order valence-electron chi connectivity index (χ0n) is 26.0. The fourth-order valence-electron chi connectivity index (χ4n) is 5.04. The van der Waals surface area contributed by atoms with Gasteiger partial charge in [-0.05, 0) is 70.2 Å². The quantitative estimate of drug-likeness (QED) is 0.232. The molecule has 0 spiro atoms. The number of amides is 1. The number of aliphatic hydroxyl groups is 1. The van der Waals surface area contributed by atoms with Crippen LogP contribution in [0.1, 0.15) is 65.5 Å².